The molecule has 0 radical (unpaired) electrons. The number of benzene rings is 1. The van der Waals surface area contributed by atoms with Crippen LogP contribution in [0.2, 0.25) is 0 Å². The maximum atomic E-state index is 12.3. The van der Waals surface area contributed by atoms with Gasteiger partial charge in [-0.25, -0.2) is 0 Å². The van der Waals surface area contributed by atoms with Crippen LogP contribution in [0.3, 0.4) is 0 Å². The molecule has 0 amide bonds. The monoisotopic (exact) mass is 288 g/mol. The Hall–Kier alpha value is -1.15. The molecule has 1 aromatic heterocycles. The molecule has 1 unspecified atom stereocenters. The van der Waals surface area contributed by atoms with Gasteiger partial charge in [0.15, 0.2) is 0 Å². The van der Waals surface area contributed by atoms with Crippen LogP contribution in [0.1, 0.15) is 46.1 Å². The van der Waals surface area contributed by atoms with E-state index in [9.17, 15) is 4.79 Å². The number of hydrogen-bond donors (Lipinski definition) is 0. The van der Waals surface area contributed by atoms with E-state index in [4.69, 9.17) is 0 Å². The molecule has 1 nitrogen and oxygen atoms in total. The van der Waals surface area contributed by atoms with Crippen molar-refractivity contribution in [1.29, 1.82) is 0 Å². The van der Waals surface area contributed by atoms with Crippen LogP contribution in [-0.4, -0.2) is 5.78 Å². The number of Topliss-reactive ketones (excluding diaryl/α,β-unsaturated/α-hetero) is 1. The Morgan fingerprint density at radius 3 is 2.65 bits per heavy atom. The van der Waals surface area contributed by atoms with E-state index in [-0.39, 0.29) is 0 Å². The first kappa shape index (κ1) is 15.2. The zero-order chi connectivity index (χ0) is 14.8. The first-order valence-corrected chi connectivity index (χ1v) is 8.20. The standard InChI is InChI=1S/C18H24OS/c1-13(11-18(2,3)4)9-15(19)10-14-12-20-17-8-6-5-7-16(14)17/h5-8,12-13H,9-11H2,1-4H3. The predicted molar refractivity (Wildman–Crippen MR) is 88.4 cm³/mol. The molecule has 1 aromatic carbocycles. The van der Waals surface area contributed by atoms with Crippen LogP contribution in [-0.2, 0) is 11.2 Å². The summed E-state index contributed by atoms with van der Waals surface area (Å²) >= 11 is 1.73. The van der Waals surface area contributed by atoms with Gasteiger partial charge in [0.1, 0.15) is 5.78 Å². The Balaban J connectivity index is 1.98. The van der Waals surface area contributed by atoms with Gasteiger partial charge in [0.25, 0.3) is 0 Å². The minimum absolute atomic E-state index is 0.300. The van der Waals surface area contributed by atoms with Gasteiger partial charge < -0.3 is 0 Å². The quantitative estimate of drug-likeness (QED) is 0.712. The number of hydrogen-bond acceptors (Lipinski definition) is 2. The van der Waals surface area contributed by atoms with E-state index in [0.29, 0.717) is 30.0 Å². The Labute approximate surface area is 126 Å². The van der Waals surface area contributed by atoms with Crippen molar-refractivity contribution in [1.82, 2.24) is 0 Å². The molecule has 2 aromatic rings. The van der Waals surface area contributed by atoms with Crippen LogP contribution < -0.4 is 0 Å². The van der Waals surface area contributed by atoms with Crippen molar-refractivity contribution in [2.75, 3.05) is 0 Å². The van der Waals surface area contributed by atoms with E-state index >= 15 is 0 Å². The molecule has 0 saturated carbocycles. The SMILES string of the molecule is CC(CC(=O)Cc1csc2ccccc12)CC(C)(C)C. The summed E-state index contributed by atoms with van der Waals surface area (Å²) in [6.07, 6.45) is 2.38. The Morgan fingerprint density at radius 2 is 1.95 bits per heavy atom. The van der Waals surface area contributed by atoms with Crippen molar-refractivity contribution in [3.63, 3.8) is 0 Å². The highest BCUT2D eigenvalue weighted by atomic mass is 32.1. The molecule has 0 aliphatic carbocycles. The number of carbonyl (C=O) groups excluding carboxylic acids is 1. The lowest BCUT2D eigenvalue weighted by Gasteiger charge is -2.22. The van der Waals surface area contributed by atoms with Gasteiger partial charge in [-0.3, -0.25) is 4.79 Å². The summed E-state index contributed by atoms with van der Waals surface area (Å²) in [4.78, 5) is 12.3. The second kappa shape index (κ2) is 6.09. The number of ketones is 1. The van der Waals surface area contributed by atoms with Crippen molar-refractivity contribution in [3.8, 4) is 0 Å². The van der Waals surface area contributed by atoms with E-state index in [1.165, 1.54) is 15.6 Å². The molecule has 108 valence electrons. The van der Waals surface area contributed by atoms with Gasteiger partial charge in [-0.1, -0.05) is 45.9 Å². The first-order chi connectivity index (χ1) is 9.35. The van der Waals surface area contributed by atoms with Crippen molar-refractivity contribution >= 4 is 27.2 Å². The van der Waals surface area contributed by atoms with E-state index in [1.807, 2.05) is 6.07 Å². The van der Waals surface area contributed by atoms with Gasteiger partial charge in [0, 0.05) is 17.5 Å². The fraction of sp³-hybridized carbons (Fsp3) is 0.500. The third-order valence-corrected chi connectivity index (χ3v) is 4.50. The molecule has 2 heteroatoms. The third-order valence-electron chi connectivity index (χ3n) is 3.49. The van der Waals surface area contributed by atoms with Crippen LogP contribution in [0, 0.1) is 11.3 Å². The molecule has 0 saturated heterocycles. The highest BCUT2D eigenvalue weighted by Gasteiger charge is 2.18. The molecule has 20 heavy (non-hydrogen) atoms. The molecule has 0 aliphatic rings. The molecular formula is C18H24OS. The van der Waals surface area contributed by atoms with Gasteiger partial charge >= 0.3 is 0 Å². The highest BCUT2D eigenvalue weighted by Crippen LogP contribution is 2.28. The summed E-state index contributed by atoms with van der Waals surface area (Å²) in [6.45, 7) is 8.90. The summed E-state index contributed by atoms with van der Waals surface area (Å²) in [5.41, 5.74) is 1.49. The van der Waals surface area contributed by atoms with Gasteiger partial charge in [-0.15, -0.1) is 11.3 Å². The second-order valence-corrected chi connectivity index (χ2v) is 7.96. The minimum atomic E-state index is 0.300. The number of fused-ring (bicyclic) bond motifs is 1. The second-order valence-electron chi connectivity index (χ2n) is 7.05. The molecule has 0 spiro atoms. The summed E-state index contributed by atoms with van der Waals surface area (Å²) in [5.74, 6) is 0.831. The van der Waals surface area contributed by atoms with E-state index in [2.05, 4.69) is 51.3 Å². The Bertz CT molecular complexity index is 589. The summed E-state index contributed by atoms with van der Waals surface area (Å²) in [7, 11) is 0. The molecule has 1 heterocycles. The molecule has 0 bridgehead atoms. The largest absolute Gasteiger partial charge is 0.299 e. The molecule has 0 N–H and O–H groups in total. The van der Waals surface area contributed by atoms with E-state index < -0.39 is 0 Å². The lowest BCUT2D eigenvalue weighted by atomic mass is 9.83. The normalized spacial score (nSPS) is 13.6. The summed E-state index contributed by atoms with van der Waals surface area (Å²) < 4.78 is 1.28. The van der Waals surface area contributed by atoms with Crippen molar-refractivity contribution in [2.45, 2.75) is 47.0 Å². The lowest BCUT2D eigenvalue weighted by molar-refractivity contribution is -0.119. The summed E-state index contributed by atoms with van der Waals surface area (Å²) in [6, 6.07) is 8.34. The maximum absolute atomic E-state index is 12.3. The van der Waals surface area contributed by atoms with Gasteiger partial charge in [0.05, 0.1) is 0 Å². The maximum Gasteiger partial charge on any atom is 0.137 e. The zero-order valence-electron chi connectivity index (χ0n) is 12.9. The lowest BCUT2D eigenvalue weighted by Crippen LogP contribution is -2.15. The molecule has 2 rings (SSSR count). The summed E-state index contributed by atoms with van der Waals surface area (Å²) in [5, 5.41) is 3.38. The van der Waals surface area contributed by atoms with E-state index in [0.717, 1.165) is 6.42 Å². The molecular weight excluding hydrogens is 264 g/mol. The minimum Gasteiger partial charge on any atom is -0.299 e. The van der Waals surface area contributed by atoms with Gasteiger partial charge in [0.2, 0.25) is 0 Å². The molecule has 0 fully saturated rings. The van der Waals surface area contributed by atoms with Crippen LogP contribution in [0.15, 0.2) is 29.6 Å². The molecule has 0 aliphatic heterocycles. The highest BCUT2D eigenvalue weighted by molar-refractivity contribution is 7.17. The van der Waals surface area contributed by atoms with Gasteiger partial charge in [-0.05, 0) is 40.1 Å². The van der Waals surface area contributed by atoms with Crippen molar-refractivity contribution in [3.05, 3.63) is 35.2 Å². The topological polar surface area (TPSA) is 17.1 Å². The predicted octanol–water partition coefficient (Wildman–Crippen LogP) is 5.48. The smallest absolute Gasteiger partial charge is 0.137 e. The number of thiophene rings is 1. The number of rotatable bonds is 5. The van der Waals surface area contributed by atoms with Crippen molar-refractivity contribution in [2.24, 2.45) is 11.3 Å². The average Bonchev–Trinajstić information content (AvgIpc) is 2.70. The van der Waals surface area contributed by atoms with E-state index in [1.54, 1.807) is 11.3 Å². The van der Waals surface area contributed by atoms with Crippen LogP contribution >= 0.6 is 11.3 Å². The van der Waals surface area contributed by atoms with Crippen LogP contribution in [0.5, 0.6) is 0 Å². The fourth-order valence-corrected chi connectivity index (χ4v) is 3.92. The Kier molecular flexibility index (Phi) is 4.64. The zero-order valence-corrected chi connectivity index (χ0v) is 13.7. The third kappa shape index (κ3) is 4.17. The van der Waals surface area contributed by atoms with Crippen LogP contribution in [0.25, 0.3) is 10.1 Å². The van der Waals surface area contributed by atoms with Crippen molar-refractivity contribution < 1.29 is 4.79 Å². The fourth-order valence-electron chi connectivity index (χ4n) is 2.96. The molecule has 1 atom stereocenters. The Morgan fingerprint density at radius 1 is 1.25 bits per heavy atom. The number of carbonyl (C=O) groups is 1. The van der Waals surface area contributed by atoms with Crippen LogP contribution in [0.4, 0.5) is 0 Å². The first-order valence-electron chi connectivity index (χ1n) is 7.32. The average molecular weight is 288 g/mol. The van der Waals surface area contributed by atoms with Gasteiger partial charge in [-0.2, -0.15) is 0 Å².